The van der Waals surface area contributed by atoms with E-state index < -0.39 is 0 Å². The fraction of sp³-hybridized carbons (Fsp3) is 0. The molecule has 0 aliphatic heterocycles. The second-order valence-corrected chi connectivity index (χ2v) is 15.4. The van der Waals surface area contributed by atoms with Gasteiger partial charge in [-0.3, -0.25) is 0 Å². The van der Waals surface area contributed by atoms with Gasteiger partial charge >= 0.3 is 0 Å². The number of aromatic nitrogens is 4. The van der Waals surface area contributed by atoms with Crippen LogP contribution >= 0.6 is 11.3 Å². The molecule has 8 aromatic carbocycles. The van der Waals surface area contributed by atoms with Gasteiger partial charge in [-0.25, -0.2) is 15.0 Å². The number of para-hydroxylation sites is 2. The maximum Gasteiger partial charge on any atom is 0.164 e. The van der Waals surface area contributed by atoms with Crippen LogP contribution in [-0.4, -0.2) is 19.5 Å². The van der Waals surface area contributed by atoms with Crippen LogP contribution in [0, 0.1) is 0 Å². The maximum absolute atomic E-state index is 6.90. The van der Waals surface area contributed by atoms with Crippen LogP contribution in [0.5, 0.6) is 0 Å². The summed E-state index contributed by atoms with van der Waals surface area (Å²) in [6, 6.07) is 63.6. The maximum atomic E-state index is 6.90. The van der Waals surface area contributed by atoms with Gasteiger partial charge < -0.3 is 8.98 Å². The lowest BCUT2D eigenvalue weighted by Crippen LogP contribution is -2.00. The summed E-state index contributed by atoms with van der Waals surface area (Å²) in [4.78, 5) is 14.7. The summed E-state index contributed by atoms with van der Waals surface area (Å²) in [6.07, 6.45) is 0. The van der Waals surface area contributed by atoms with E-state index in [2.05, 4.69) is 126 Å². The van der Waals surface area contributed by atoms with Gasteiger partial charge in [-0.15, -0.1) is 11.3 Å². The zero-order valence-electron chi connectivity index (χ0n) is 30.4. The molecule has 0 aliphatic rings. The van der Waals surface area contributed by atoms with Gasteiger partial charge in [0.25, 0.3) is 0 Å². The zero-order chi connectivity index (χ0) is 37.5. The number of hydrogen-bond acceptors (Lipinski definition) is 5. The van der Waals surface area contributed by atoms with Gasteiger partial charge in [0.2, 0.25) is 0 Å². The number of furan rings is 1. The van der Waals surface area contributed by atoms with Crippen molar-refractivity contribution in [3.8, 4) is 51.0 Å². The van der Waals surface area contributed by atoms with E-state index in [9.17, 15) is 0 Å². The Hall–Kier alpha value is -7.41. The third-order valence-corrected chi connectivity index (χ3v) is 12.3. The van der Waals surface area contributed by atoms with Crippen LogP contribution in [0.2, 0.25) is 0 Å². The highest BCUT2D eigenvalue weighted by molar-refractivity contribution is 7.26. The SMILES string of the molecule is c1ccc(-c2nc(-c3ccccc3)nc(-c3ccc(-c4ccc5c(c4)oc4c(-n6c7ccccc7c7ccc8c9ccccc9sc8c76)cccc45)cc3)n2)cc1. The Morgan fingerprint density at radius 3 is 1.70 bits per heavy atom. The number of fused-ring (bicyclic) bond motifs is 10. The molecule has 0 spiro atoms. The quantitative estimate of drug-likeness (QED) is 0.176. The van der Waals surface area contributed by atoms with Gasteiger partial charge in [0.1, 0.15) is 5.58 Å². The molecule has 6 heteroatoms. The lowest BCUT2D eigenvalue weighted by molar-refractivity contribution is 0.666. The van der Waals surface area contributed by atoms with Crippen LogP contribution in [0.15, 0.2) is 186 Å². The number of benzene rings is 8. The molecule has 0 radical (unpaired) electrons. The number of hydrogen-bond donors (Lipinski definition) is 0. The molecule has 12 aromatic rings. The normalized spacial score (nSPS) is 11.9. The Bertz CT molecular complexity index is 3450. The first kappa shape index (κ1) is 31.9. The second kappa shape index (κ2) is 12.6. The summed E-state index contributed by atoms with van der Waals surface area (Å²) in [5.41, 5.74) is 10.1. The van der Waals surface area contributed by atoms with E-state index in [4.69, 9.17) is 19.4 Å². The van der Waals surface area contributed by atoms with Crippen molar-refractivity contribution in [2.45, 2.75) is 0 Å². The molecular weight excluding hydrogens is 717 g/mol. The minimum absolute atomic E-state index is 0.632. The molecule has 0 unspecified atom stereocenters. The van der Waals surface area contributed by atoms with E-state index in [0.717, 1.165) is 61.0 Å². The average molecular weight is 747 g/mol. The Kier molecular flexibility index (Phi) is 7.03. The largest absolute Gasteiger partial charge is 0.454 e. The molecule has 0 saturated heterocycles. The molecular formula is C51H30N4OS. The van der Waals surface area contributed by atoms with Crippen molar-refractivity contribution >= 4 is 75.3 Å². The van der Waals surface area contributed by atoms with Crippen LogP contribution in [0.3, 0.4) is 0 Å². The fourth-order valence-electron chi connectivity index (χ4n) is 8.37. The predicted octanol–water partition coefficient (Wildman–Crippen LogP) is 13.9. The van der Waals surface area contributed by atoms with Crippen molar-refractivity contribution in [2.75, 3.05) is 0 Å². The summed E-state index contributed by atoms with van der Waals surface area (Å²) < 4.78 is 11.9. The third kappa shape index (κ3) is 5.04. The van der Waals surface area contributed by atoms with Crippen molar-refractivity contribution in [1.82, 2.24) is 19.5 Å². The lowest BCUT2D eigenvalue weighted by atomic mass is 10.0. The van der Waals surface area contributed by atoms with Gasteiger partial charge in [0, 0.05) is 53.7 Å². The van der Waals surface area contributed by atoms with Crippen molar-refractivity contribution in [3.63, 3.8) is 0 Å². The summed E-state index contributed by atoms with van der Waals surface area (Å²) in [5.74, 6) is 1.92. The van der Waals surface area contributed by atoms with E-state index in [1.807, 2.05) is 72.0 Å². The van der Waals surface area contributed by atoms with E-state index in [-0.39, 0.29) is 0 Å². The molecule has 4 aromatic heterocycles. The van der Waals surface area contributed by atoms with Crippen molar-refractivity contribution in [2.24, 2.45) is 0 Å². The van der Waals surface area contributed by atoms with Gasteiger partial charge in [0.05, 0.1) is 21.4 Å². The number of thiophene rings is 1. The highest BCUT2D eigenvalue weighted by atomic mass is 32.1. The molecule has 12 rings (SSSR count). The Morgan fingerprint density at radius 1 is 0.404 bits per heavy atom. The first-order valence-electron chi connectivity index (χ1n) is 19.0. The summed E-state index contributed by atoms with van der Waals surface area (Å²) in [5, 5.41) is 7.23. The lowest BCUT2D eigenvalue weighted by Gasteiger charge is -2.09. The molecule has 0 atom stereocenters. The molecule has 266 valence electrons. The molecule has 57 heavy (non-hydrogen) atoms. The van der Waals surface area contributed by atoms with E-state index in [1.54, 1.807) is 0 Å². The topological polar surface area (TPSA) is 56.7 Å². The van der Waals surface area contributed by atoms with Crippen molar-refractivity contribution < 1.29 is 4.42 Å². The smallest absolute Gasteiger partial charge is 0.164 e. The van der Waals surface area contributed by atoms with Gasteiger partial charge in [-0.05, 0) is 41.5 Å². The standard InChI is InChI=1S/C51H30N4OS/c1-3-12-32(13-4-1)49-52-50(33-14-5-2-6-15-33)54-51(53-49)34-24-22-31(23-25-34)35-26-27-37-40-18-11-20-43(47(40)56-44(37)30-35)55-42-19-9-7-16-36(42)39-28-29-41-38-17-8-10-21-45(38)57-48(41)46(39)55/h1-30H. The number of nitrogens with zero attached hydrogens (tertiary/aromatic N) is 4. The highest BCUT2D eigenvalue weighted by Crippen LogP contribution is 2.45. The second-order valence-electron chi connectivity index (χ2n) is 14.4. The van der Waals surface area contributed by atoms with E-state index in [0.29, 0.717) is 17.5 Å². The Labute approximate surface area is 330 Å². The predicted molar refractivity (Wildman–Crippen MR) is 236 cm³/mol. The van der Waals surface area contributed by atoms with Crippen LogP contribution in [0.1, 0.15) is 0 Å². The monoisotopic (exact) mass is 746 g/mol. The zero-order valence-corrected chi connectivity index (χ0v) is 31.2. The minimum Gasteiger partial charge on any atom is -0.454 e. The summed E-state index contributed by atoms with van der Waals surface area (Å²) in [7, 11) is 0. The Morgan fingerprint density at radius 2 is 0.965 bits per heavy atom. The van der Waals surface area contributed by atoms with Gasteiger partial charge in [0.15, 0.2) is 23.1 Å². The van der Waals surface area contributed by atoms with Crippen LogP contribution in [-0.2, 0) is 0 Å². The van der Waals surface area contributed by atoms with Crippen LogP contribution in [0.25, 0.3) is 115 Å². The average Bonchev–Trinajstić information content (AvgIpc) is 3.96. The minimum atomic E-state index is 0.632. The third-order valence-electron chi connectivity index (χ3n) is 11.1. The highest BCUT2D eigenvalue weighted by Gasteiger charge is 2.21. The van der Waals surface area contributed by atoms with Crippen molar-refractivity contribution in [1.29, 1.82) is 0 Å². The van der Waals surface area contributed by atoms with E-state index in [1.165, 1.54) is 36.5 Å². The van der Waals surface area contributed by atoms with Crippen LogP contribution in [0.4, 0.5) is 0 Å². The first-order chi connectivity index (χ1) is 28.2. The van der Waals surface area contributed by atoms with E-state index >= 15 is 0 Å². The molecule has 0 saturated carbocycles. The molecule has 0 aliphatic carbocycles. The summed E-state index contributed by atoms with van der Waals surface area (Å²) >= 11 is 1.86. The first-order valence-corrected chi connectivity index (χ1v) is 19.8. The van der Waals surface area contributed by atoms with Crippen molar-refractivity contribution in [3.05, 3.63) is 182 Å². The van der Waals surface area contributed by atoms with Gasteiger partial charge in [-0.2, -0.15) is 0 Å². The Balaban J connectivity index is 0.975. The fourth-order valence-corrected chi connectivity index (χ4v) is 9.61. The molecule has 0 N–H and O–H groups in total. The number of rotatable bonds is 5. The molecule has 0 bridgehead atoms. The molecule has 5 nitrogen and oxygen atoms in total. The molecule has 0 amide bonds. The molecule has 4 heterocycles. The summed E-state index contributed by atoms with van der Waals surface area (Å²) in [6.45, 7) is 0. The van der Waals surface area contributed by atoms with Gasteiger partial charge in [-0.1, -0.05) is 152 Å². The molecule has 0 fully saturated rings. The van der Waals surface area contributed by atoms with Crippen LogP contribution < -0.4 is 0 Å².